The molecule has 0 saturated heterocycles. The van der Waals surface area contributed by atoms with Gasteiger partial charge in [-0.2, -0.15) is 0 Å². The number of methoxy groups -OCH3 is 1. The lowest BCUT2D eigenvalue weighted by atomic mass is 10.1. The summed E-state index contributed by atoms with van der Waals surface area (Å²) in [5.74, 6) is -0.978. The van der Waals surface area contributed by atoms with Gasteiger partial charge in [0.15, 0.2) is 0 Å². The number of nitrogens with zero attached hydrogens (tertiary/aromatic N) is 1. The lowest BCUT2D eigenvalue weighted by Crippen LogP contribution is -2.30. The number of carbonyl (C=O) groups is 2. The maximum atomic E-state index is 12.2. The minimum absolute atomic E-state index is 0.129. The van der Waals surface area contributed by atoms with E-state index < -0.39 is 22.9 Å². The second kappa shape index (κ2) is 6.52. The van der Waals surface area contributed by atoms with Gasteiger partial charge in [-0.3, -0.25) is 9.59 Å². The van der Waals surface area contributed by atoms with E-state index in [1.54, 1.807) is 30.3 Å². The zero-order valence-electron chi connectivity index (χ0n) is 12.8. The number of carbonyl (C=O) groups excluding carboxylic acids is 2. The zero-order valence-corrected chi connectivity index (χ0v) is 13.7. The Hall–Kier alpha value is -2.55. The highest BCUT2D eigenvalue weighted by Crippen LogP contribution is 2.27. The molecule has 0 fully saturated rings. The Morgan fingerprint density at radius 1 is 0.958 bits per heavy atom. The molecule has 0 aromatic heterocycles. The highest BCUT2D eigenvalue weighted by molar-refractivity contribution is 7.80. The van der Waals surface area contributed by atoms with Crippen LogP contribution in [0.1, 0.15) is 26.3 Å². The van der Waals surface area contributed by atoms with E-state index in [1.165, 1.54) is 19.2 Å². The van der Waals surface area contributed by atoms with Crippen LogP contribution in [0, 0.1) is 6.92 Å². The van der Waals surface area contributed by atoms with Gasteiger partial charge in [0.2, 0.25) is 11.1 Å². The van der Waals surface area contributed by atoms with E-state index in [2.05, 4.69) is 0 Å². The van der Waals surface area contributed by atoms with Gasteiger partial charge in [0, 0.05) is 0 Å². The zero-order chi connectivity index (χ0) is 17.3. The van der Waals surface area contributed by atoms with E-state index in [4.69, 9.17) is 14.1 Å². The summed E-state index contributed by atoms with van der Waals surface area (Å²) in [7, 11) is 1.45. The Balaban J connectivity index is 1.72. The van der Waals surface area contributed by atoms with Crippen molar-refractivity contribution in [1.82, 2.24) is 5.06 Å². The molecule has 0 saturated carbocycles. The number of benzene rings is 2. The quantitative estimate of drug-likeness (QED) is 0.468. The van der Waals surface area contributed by atoms with Gasteiger partial charge in [-0.1, -0.05) is 22.7 Å². The number of hydrogen-bond donors (Lipinski definition) is 0. The standard InChI is InChI=1S/C16H13NO6S/c1-10-3-6-12(7-4-10)24(20)23-22-17-15(18)13-8-5-11(21-2)9-14(13)16(17)19/h3-9H,1-2H3. The van der Waals surface area contributed by atoms with Gasteiger partial charge in [-0.15, -0.1) is 9.40 Å². The van der Waals surface area contributed by atoms with Gasteiger partial charge in [-0.05, 0) is 37.3 Å². The van der Waals surface area contributed by atoms with E-state index in [1.807, 2.05) is 6.92 Å². The SMILES string of the molecule is COc1ccc2c(c1)C(=O)N(OOS(=O)c1ccc(C)cc1)C2=O. The van der Waals surface area contributed by atoms with Crippen LogP contribution < -0.4 is 4.74 Å². The fraction of sp³-hybridized carbons (Fsp3) is 0.125. The highest BCUT2D eigenvalue weighted by Gasteiger charge is 2.38. The van der Waals surface area contributed by atoms with Gasteiger partial charge in [-0.25, -0.2) is 4.21 Å². The maximum Gasteiger partial charge on any atom is 0.288 e. The second-order valence-corrected chi connectivity index (χ2v) is 6.08. The molecule has 2 aromatic carbocycles. The molecular formula is C16H13NO6S. The van der Waals surface area contributed by atoms with Crippen molar-refractivity contribution in [2.24, 2.45) is 0 Å². The predicted octanol–water partition coefficient (Wildman–Crippen LogP) is 2.19. The first-order valence-corrected chi connectivity index (χ1v) is 7.99. The van der Waals surface area contributed by atoms with Crippen molar-refractivity contribution in [2.75, 3.05) is 7.11 Å². The normalized spacial score (nSPS) is 14.7. The molecule has 7 nitrogen and oxygen atoms in total. The summed E-state index contributed by atoms with van der Waals surface area (Å²) >= 11 is -1.98. The number of hydroxylamine groups is 2. The lowest BCUT2D eigenvalue weighted by Gasteiger charge is -2.10. The van der Waals surface area contributed by atoms with Gasteiger partial charge < -0.3 is 4.74 Å². The molecule has 0 aliphatic carbocycles. The lowest BCUT2D eigenvalue weighted by molar-refractivity contribution is -0.312. The molecule has 2 amide bonds. The van der Waals surface area contributed by atoms with Crippen LogP contribution in [0.5, 0.6) is 5.75 Å². The fourth-order valence-corrected chi connectivity index (χ4v) is 2.69. The van der Waals surface area contributed by atoms with Crippen molar-refractivity contribution >= 4 is 22.9 Å². The summed E-state index contributed by atoms with van der Waals surface area (Å²) in [4.78, 5) is 29.4. The third-order valence-electron chi connectivity index (χ3n) is 3.44. The van der Waals surface area contributed by atoms with E-state index in [0.717, 1.165) is 5.56 Å². The Morgan fingerprint density at radius 2 is 1.62 bits per heavy atom. The summed E-state index contributed by atoms with van der Waals surface area (Å²) in [6, 6.07) is 11.1. The van der Waals surface area contributed by atoms with Crippen LogP contribution in [0.25, 0.3) is 0 Å². The van der Waals surface area contributed by atoms with Gasteiger partial charge in [0.05, 0.1) is 23.1 Å². The molecular weight excluding hydrogens is 334 g/mol. The molecule has 0 bridgehead atoms. The first-order valence-electron chi connectivity index (χ1n) is 6.91. The summed E-state index contributed by atoms with van der Waals surface area (Å²) in [5, 5.41) is 0.427. The van der Waals surface area contributed by atoms with Crippen LogP contribution >= 0.6 is 0 Å². The largest absolute Gasteiger partial charge is 0.497 e. The molecule has 0 N–H and O–H groups in total. The van der Waals surface area contributed by atoms with Crippen LogP contribution in [0.4, 0.5) is 0 Å². The number of aryl methyl sites for hydroxylation is 1. The smallest absolute Gasteiger partial charge is 0.288 e. The number of ether oxygens (including phenoxy) is 1. The molecule has 3 rings (SSSR count). The molecule has 0 spiro atoms. The number of amides is 2. The van der Waals surface area contributed by atoms with Crippen molar-refractivity contribution in [2.45, 2.75) is 11.8 Å². The van der Waals surface area contributed by atoms with Gasteiger partial charge >= 0.3 is 0 Å². The highest BCUT2D eigenvalue weighted by atomic mass is 32.2. The molecule has 1 aliphatic heterocycles. The topological polar surface area (TPSA) is 82.1 Å². The average molecular weight is 347 g/mol. The summed E-state index contributed by atoms with van der Waals surface area (Å²) in [5.41, 5.74) is 1.28. The summed E-state index contributed by atoms with van der Waals surface area (Å²) < 4.78 is 21.7. The van der Waals surface area contributed by atoms with Gasteiger partial charge in [0.1, 0.15) is 5.75 Å². The van der Waals surface area contributed by atoms with Crippen molar-refractivity contribution in [3.63, 3.8) is 0 Å². The van der Waals surface area contributed by atoms with Crippen LogP contribution in [0.15, 0.2) is 47.4 Å². The van der Waals surface area contributed by atoms with E-state index in [9.17, 15) is 13.8 Å². The van der Waals surface area contributed by atoms with Crippen molar-refractivity contribution in [3.05, 3.63) is 59.2 Å². The Bertz CT molecular complexity index is 833. The molecule has 1 atom stereocenters. The molecule has 1 aliphatic rings. The summed E-state index contributed by atoms with van der Waals surface area (Å²) in [6.07, 6.45) is 0. The summed E-state index contributed by atoms with van der Waals surface area (Å²) in [6.45, 7) is 1.89. The Labute approximate surface area is 140 Å². The first-order chi connectivity index (χ1) is 11.5. The number of rotatable bonds is 5. The van der Waals surface area contributed by atoms with Crippen LogP contribution in [-0.4, -0.2) is 28.2 Å². The van der Waals surface area contributed by atoms with Gasteiger partial charge in [0.25, 0.3) is 11.8 Å². The minimum Gasteiger partial charge on any atom is -0.497 e. The Kier molecular flexibility index (Phi) is 4.43. The van der Waals surface area contributed by atoms with Crippen molar-refractivity contribution in [1.29, 1.82) is 0 Å². The Morgan fingerprint density at radius 3 is 2.29 bits per heavy atom. The molecule has 1 heterocycles. The van der Waals surface area contributed by atoms with Crippen LogP contribution in [0.2, 0.25) is 0 Å². The van der Waals surface area contributed by atoms with Crippen molar-refractivity contribution in [3.8, 4) is 5.75 Å². The monoisotopic (exact) mass is 347 g/mol. The van der Waals surface area contributed by atoms with E-state index in [0.29, 0.717) is 15.7 Å². The molecule has 2 aromatic rings. The number of imide groups is 1. The minimum atomic E-state index is -1.98. The third kappa shape index (κ3) is 2.94. The molecule has 24 heavy (non-hydrogen) atoms. The van der Waals surface area contributed by atoms with Crippen LogP contribution in [-0.2, 0) is 20.4 Å². The van der Waals surface area contributed by atoms with E-state index >= 15 is 0 Å². The number of hydrogen-bond acceptors (Lipinski definition) is 6. The maximum absolute atomic E-state index is 12.2. The molecule has 8 heteroatoms. The predicted molar refractivity (Wildman–Crippen MR) is 83.3 cm³/mol. The second-order valence-electron chi connectivity index (χ2n) is 5.01. The van der Waals surface area contributed by atoms with Crippen molar-refractivity contribution < 1.29 is 27.9 Å². The molecule has 1 unspecified atom stereocenters. The van der Waals surface area contributed by atoms with E-state index in [-0.39, 0.29) is 11.1 Å². The van der Waals surface area contributed by atoms with Crippen LogP contribution in [0.3, 0.4) is 0 Å². The molecule has 0 radical (unpaired) electrons. The first kappa shape index (κ1) is 16.3. The number of fused-ring (bicyclic) bond motifs is 1. The third-order valence-corrected chi connectivity index (χ3v) is 4.28. The fourth-order valence-electron chi connectivity index (χ4n) is 2.14. The average Bonchev–Trinajstić information content (AvgIpc) is 2.84. The molecule has 124 valence electrons.